The van der Waals surface area contributed by atoms with Crippen molar-refractivity contribution < 1.29 is 0 Å². The Morgan fingerprint density at radius 2 is 1.75 bits per heavy atom. The van der Waals surface area contributed by atoms with Crippen LogP contribution in [0.5, 0.6) is 0 Å². The van der Waals surface area contributed by atoms with Gasteiger partial charge in [-0.05, 0) is 45.4 Å². The number of hydrogen-bond acceptors (Lipinski definition) is 1. The van der Waals surface area contributed by atoms with Gasteiger partial charge < -0.3 is 5.32 Å². The van der Waals surface area contributed by atoms with E-state index in [-0.39, 0.29) is 0 Å². The predicted octanol–water partition coefficient (Wildman–Crippen LogP) is 2.95. The van der Waals surface area contributed by atoms with Crippen LogP contribution in [-0.2, 0) is 0 Å². The SMILES string of the molecule is CCC(CC)NC(C)(C)C1CC1. The summed E-state index contributed by atoms with van der Waals surface area (Å²) in [5.41, 5.74) is 0.386. The molecule has 72 valence electrons. The maximum absolute atomic E-state index is 3.75. The second-order valence-corrected chi connectivity index (χ2v) is 4.65. The minimum absolute atomic E-state index is 0.386. The van der Waals surface area contributed by atoms with E-state index in [1.807, 2.05) is 0 Å². The Balaban J connectivity index is 2.35. The van der Waals surface area contributed by atoms with E-state index in [9.17, 15) is 0 Å². The molecule has 1 nitrogen and oxygen atoms in total. The average Bonchev–Trinajstić information content (AvgIpc) is 2.82. The molecule has 0 heterocycles. The van der Waals surface area contributed by atoms with Gasteiger partial charge in [0.25, 0.3) is 0 Å². The summed E-state index contributed by atoms with van der Waals surface area (Å²) < 4.78 is 0. The normalized spacial score (nSPS) is 18.8. The van der Waals surface area contributed by atoms with Crippen molar-refractivity contribution in [2.45, 2.75) is 65.0 Å². The first-order chi connectivity index (χ1) is 5.60. The minimum atomic E-state index is 0.386. The van der Waals surface area contributed by atoms with E-state index in [0.29, 0.717) is 5.54 Å². The van der Waals surface area contributed by atoms with E-state index in [2.05, 4.69) is 33.0 Å². The Morgan fingerprint density at radius 3 is 2.08 bits per heavy atom. The topological polar surface area (TPSA) is 12.0 Å². The third kappa shape index (κ3) is 2.48. The molecule has 0 bridgehead atoms. The van der Waals surface area contributed by atoms with Crippen molar-refractivity contribution in [3.8, 4) is 0 Å². The Hall–Kier alpha value is -0.0400. The fraction of sp³-hybridized carbons (Fsp3) is 1.00. The summed E-state index contributed by atoms with van der Waals surface area (Å²) in [6.07, 6.45) is 5.37. The summed E-state index contributed by atoms with van der Waals surface area (Å²) in [5, 5.41) is 3.75. The molecular formula is C11H23N. The Morgan fingerprint density at radius 1 is 1.25 bits per heavy atom. The van der Waals surface area contributed by atoms with Gasteiger partial charge in [-0.2, -0.15) is 0 Å². The average molecular weight is 169 g/mol. The van der Waals surface area contributed by atoms with Crippen LogP contribution in [0.15, 0.2) is 0 Å². The molecule has 1 aliphatic rings. The summed E-state index contributed by atoms with van der Waals surface area (Å²) in [6.45, 7) is 9.24. The van der Waals surface area contributed by atoms with Gasteiger partial charge in [-0.1, -0.05) is 13.8 Å². The van der Waals surface area contributed by atoms with Crippen molar-refractivity contribution in [2.24, 2.45) is 5.92 Å². The summed E-state index contributed by atoms with van der Waals surface area (Å²) in [6, 6.07) is 0.723. The summed E-state index contributed by atoms with van der Waals surface area (Å²) in [4.78, 5) is 0. The van der Waals surface area contributed by atoms with Crippen LogP contribution in [0.4, 0.5) is 0 Å². The highest BCUT2D eigenvalue weighted by Crippen LogP contribution is 2.39. The molecule has 0 unspecified atom stereocenters. The first-order valence-electron chi connectivity index (χ1n) is 5.37. The summed E-state index contributed by atoms with van der Waals surface area (Å²) in [5.74, 6) is 0.943. The van der Waals surface area contributed by atoms with Crippen molar-refractivity contribution >= 4 is 0 Å². The van der Waals surface area contributed by atoms with Gasteiger partial charge in [-0.3, -0.25) is 0 Å². The molecule has 0 aliphatic heterocycles. The fourth-order valence-corrected chi connectivity index (χ4v) is 1.94. The molecule has 0 saturated heterocycles. The molecule has 0 aromatic carbocycles. The molecule has 0 spiro atoms. The van der Waals surface area contributed by atoms with Crippen LogP contribution >= 0.6 is 0 Å². The lowest BCUT2D eigenvalue weighted by molar-refractivity contribution is 0.287. The number of rotatable bonds is 5. The molecule has 1 N–H and O–H groups in total. The zero-order valence-electron chi connectivity index (χ0n) is 8.98. The van der Waals surface area contributed by atoms with E-state index in [1.54, 1.807) is 0 Å². The molecule has 1 aliphatic carbocycles. The lowest BCUT2D eigenvalue weighted by atomic mass is 9.96. The van der Waals surface area contributed by atoms with Crippen LogP contribution in [0.3, 0.4) is 0 Å². The highest BCUT2D eigenvalue weighted by molar-refractivity contribution is 4.95. The van der Waals surface area contributed by atoms with E-state index in [4.69, 9.17) is 0 Å². The van der Waals surface area contributed by atoms with Crippen LogP contribution in [-0.4, -0.2) is 11.6 Å². The quantitative estimate of drug-likeness (QED) is 0.667. The Bertz CT molecular complexity index is 132. The first kappa shape index (κ1) is 10.0. The number of nitrogens with one attached hydrogen (secondary N) is 1. The van der Waals surface area contributed by atoms with Crippen LogP contribution in [0.1, 0.15) is 53.4 Å². The van der Waals surface area contributed by atoms with Crippen molar-refractivity contribution in [1.29, 1.82) is 0 Å². The van der Waals surface area contributed by atoms with Gasteiger partial charge in [0.2, 0.25) is 0 Å². The van der Waals surface area contributed by atoms with Gasteiger partial charge in [0.1, 0.15) is 0 Å². The Kier molecular flexibility index (Phi) is 3.16. The molecule has 0 aromatic rings. The zero-order valence-corrected chi connectivity index (χ0v) is 8.98. The zero-order chi connectivity index (χ0) is 9.19. The maximum atomic E-state index is 3.75. The highest BCUT2D eigenvalue weighted by atomic mass is 15.0. The lowest BCUT2D eigenvalue weighted by Gasteiger charge is -2.31. The molecule has 1 fully saturated rings. The molecule has 1 rings (SSSR count). The van der Waals surface area contributed by atoms with E-state index < -0.39 is 0 Å². The third-order valence-corrected chi connectivity index (χ3v) is 3.16. The second-order valence-electron chi connectivity index (χ2n) is 4.65. The van der Waals surface area contributed by atoms with Gasteiger partial charge in [0.15, 0.2) is 0 Å². The molecule has 1 heteroatoms. The Labute approximate surface area is 76.9 Å². The summed E-state index contributed by atoms with van der Waals surface area (Å²) in [7, 11) is 0. The third-order valence-electron chi connectivity index (χ3n) is 3.16. The van der Waals surface area contributed by atoms with Crippen molar-refractivity contribution in [3.63, 3.8) is 0 Å². The van der Waals surface area contributed by atoms with Crippen LogP contribution in [0.2, 0.25) is 0 Å². The maximum Gasteiger partial charge on any atom is 0.0155 e. The number of hydrogen-bond donors (Lipinski definition) is 1. The molecule has 0 amide bonds. The predicted molar refractivity (Wildman–Crippen MR) is 54.3 cm³/mol. The van der Waals surface area contributed by atoms with Crippen molar-refractivity contribution in [3.05, 3.63) is 0 Å². The second kappa shape index (κ2) is 3.78. The van der Waals surface area contributed by atoms with Crippen molar-refractivity contribution in [2.75, 3.05) is 0 Å². The van der Waals surface area contributed by atoms with E-state index >= 15 is 0 Å². The fourth-order valence-electron chi connectivity index (χ4n) is 1.94. The molecule has 12 heavy (non-hydrogen) atoms. The van der Waals surface area contributed by atoms with E-state index in [0.717, 1.165) is 12.0 Å². The highest BCUT2D eigenvalue weighted by Gasteiger charge is 2.38. The molecule has 1 saturated carbocycles. The molecular weight excluding hydrogens is 146 g/mol. The van der Waals surface area contributed by atoms with Gasteiger partial charge in [-0.15, -0.1) is 0 Å². The molecule has 0 radical (unpaired) electrons. The monoisotopic (exact) mass is 169 g/mol. The standard InChI is InChI=1S/C11H23N/c1-5-10(6-2)12-11(3,4)9-7-8-9/h9-10,12H,5-8H2,1-4H3. The van der Waals surface area contributed by atoms with Crippen LogP contribution in [0, 0.1) is 5.92 Å². The van der Waals surface area contributed by atoms with Gasteiger partial charge in [0, 0.05) is 11.6 Å². The smallest absolute Gasteiger partial charge is 0.0155 e. The van der Waals surface area contributed by atoms with Gasteiger partial charge in [-0.25, -0.2) is 0 Å². The first-order valence-corrected chi connectivity index (χ1v) is 5.37. The van der Waals surface area contributed by atoms with Gasteiger partial charge >= 0.3 is 0 Å². The largest absolute Gasteiger partial charge is 0.309 e. The summed E-state index contributed by atoms with van der Waals surface area (Å²) >= 11 is 0. The minimum Gasteiger partial charge on any atom is -0.309 e. The van der Waals surface area contributed by atoms with Gasteiger partial charge in [0.05, 0.1) is 0 Å². The van der Waals surface area contributed by atoms with Crippen molar-refractivity contribution in [1.82, 2.24) is 5.32 Å². The van der Waals surface area contributed by atoms with E-state index in [1.165, 1.54) is 25.7 Å². The lowest BCUT2D eigenvalue weighted by Crippen LogP contribution is -2.47. The molecule has 0 aromatic heterocycles. The van der Waals surface area contributed by atoms with Crippen LogP contribution < -0.4 is 5.32 Å². The van der Waals surface area contributed by atoms with Crippen LogP contribution in [0.25, 0.3) is 0 Å². The molecule has 0 atom stereocenters.